The van der Waals surface area contributed by atoms with E-state index < -0.39 is 10.0 Å². The van der Waals surface area contributed by atoms with Gasteiger partial charge in [0, 0.05) is 17.8 Å². The molecule has 1 aromatic rings. The van der Waals surface area contributed by atoms with Gasteiger partial charge >= 0.3 is 0 Å². The molecule has 6 heteroatoms. The molecule has 2 N–H and O–H groups in total. The van der Waals surface area contributed by atoms with E-state index in [1.165, 1.54) is 0 Å². The second kappa shape index (κ2) is 3.79. The minimum absolute atomic E-state index is 0.154. The lowest BCUT2D eigenvalue weighted by molar-refractivity contribution is 0.0946. The van der Waals surface area contributed by atoms with E-state index in [-0.39, 0.29) is 5.91 Å². The van der Waals surface area contributed by atoms with Crippen LogP contribution in [-0.2, 0) is 16.4 Å². The number of benzene rings is 1. The molecule has 0 aliphatic carbocycles. The zero-order valence-electron chi connectivity index (χ0n) is 8.78. The van der Waals surface area contributed by atoms with Gasteiger partial charge in [0.05, 0.1) is 6.26 Å². The number of hydrogen-bond acceptors (Lipinski definition) is 3. The average molecular weight is 240 g/mol. The molecular weight excluding hydrogens is 228 g/mol. The van der Waals surface area contributed by atoms with E-state index in [0.29, 0.717) is 17.8 Å². The molecule has 1 amide bonds. The molecule has 0 atom stereocenters. The summed E-state index contributed by atoms with van der Waals surface area (Å²) in [6, 6.07) is 5.00. The Bertz CT molecular complexity index is 537. The molecule has 1 aromatic carbocycles. The van der Waals surface area contributed by atoms with Gasteiger partial charge in [0.2, 0.25) is 10.0 Å². The predicted octanol–water partition coefficient (Wildman–Crippen LogP) is 0.344. The summed E-state index contributed by atoms with van der Waals surface area (Å²) in [6.45, 7) is 0.630. The Morgan fingerprint density at radius 1 is 1.38 bits per heavy atom. The number of anilines is 1. The Labute approximate surface area is 93.9 Å². The van der Waals surface area contributed by atoms with Gasteiger partial charge in [-0.05, 0) is 24.1 Å². The van der Waals surface area contributed by atoms with E-state index in [1.54, 1.807) is 18.2 Å². The number of carbonyl (C=O) groups excluding carboxylic acids is 1. The monoisotopic (exact) mass is 240 g/mol. The van der Waals surface area contributed by atoms with Gasteiger partial charge in [-0.2, -0.15) is 0 Å². The lowest BCUT2D eigenvalue weighted by Gasteiger charge is -2.17. The van der Waals surface area contributed by atoms with Crippen LogP contribution in [0.3, 0.4) is 0 Å². The van der Waals surface area contributed by atoms with E-state index in [9.17, 15) is 13.2 Å². The van der Waals surface area contributed by atoms with Crippen molar-refractivity contribution in [2.24, 2.45) is 0 Å². The van der Waals surface area contributed by atoms with Crippen LogP contribution in [-0.4, -0.2) is 27.1 Å². The first-order valence-corrected chi connectivity index (χ1v) is 6.74. The molecule has 1 heterocycles. The van der Waals surface area contributed by atoms with Crippen molar-refractivity contribution < 1.29 is 13.2 Å². The highest BCUT2D eigenvalue weighted by atomic mass is 32.2. The quantitative estimate of drug-likeness (QED) is 0.783. The van der Waals surface area contributed by atoms with Gasteiger partial charge in [0.25, 0.3) is 5.91 Å². The van der Waals surface area contributed by atoms with Crippen molar-refractivity contribution >= 4 is 21.6 Å². The van der Waals surface area contributed by atoms with Gasteiger partial charge in [-0.15, -0.1) is 0 Å². The Balaban J connectivity index is 2.38. The van der Waals surface area contributed by atoms with Crippen LogP contribution in [0.5, 0.6) is 0 Å². The Morgan fingerprint density at radius 2 is 2.12 bits per heavy atom. The normalized spacial score (nSPS) is 15.2. The van der Waals surface area contributed by atoms with Crippen LogP contribution >= 0.6 is 0 Å². The average Bonchev–Trinajstić information content (AvgIpc) is 2.17. The fraction of sp³-hybridized carbons (Fsp3) is 0.300. The second-order valence-corrected chi connectivity index (χ2v) is 5.50. The summed E-state index contributed by atoms with van der Waals surface area (Å²) in [5.74, 6) is -0.154. The van der Waals surface area contributed by atoms with Crippen LogP contribution in [0.1, 0.15) is 15.9 Å². The first-order valence-electron chi connectivity index (χ1n) is 4.84. The largest absolute Gasteiger partial charge is 0.352 e. The number of nitrogens with one attached hydrogen (secondary N) is 2. The molecular formula is C10H12N2O3S. The number of hydrogen-bond donors (Lipinski definition) is 2. The number of carbonyl (C=O) groups is 1. The topological polar surface area (TPSA) is 75.3 Å². The third-order valence-electron chi connectivity index (χ3n) is 2.34. The van der Waals surface area contributed by atoms with E-state index in [2.05, 4.69) is 10.0 Å². The lowest BCUT2D eigenvalue weighted by Crippen LogP contribution is -2.31. The second-order valence-electron chi connectivity index (χ2n) is 3.75. The van der Waals surface area contributed by atoms with E-state index in [0.717, 1.165) is 18.2 Å². The molecule has 0 unspecified atom stereocenters. The molecule has 0 bridgehead atoms. The van der Waals surface area contributed by atoms with Crippen LogP contribution in [0.25, 0.3) is 0 Å². The molecule has 0 aromatic heterocycles. The van der Waals surface area contributed by atoms with Crippen molar-refractivity contribution in [3.05, 3.63) is 29.3 Å². The number of rotatable bonds is 2. The molecule has 16 heavy (non-hydrogen) atoms. The van der Waals surface area contributed by atoms with Crippen molar-refractivity contribution in [3.8, 4) is 0 Å². The first-order chi connectivity index (χ1) is 7.46. The van der Waals surface area contributed by atoms with Gasteiger partial charge in [-0.25, -0.2) is 8.42 Å². The van der Waals surface area contributed by atoms with Crippen molar-refractivity contribution in [2.75, 3.05) is 17.5 Å². The van der Waals surface area contributed by atoms with Crippen LogP contribution < -0.4 is 10.0 Å². The zero-order valence-corrected chi connectivity index (χ0v) is 9.60. The highest BCUT2D eigenvalue weighted by Gasteiger charge is 2.17. The molecule has 0 saturated heterocycles. The van der Waals surface area contributed by atoms with Gasteiger partial charge in [0.1, 0.15) is 0 Å². The summed E-state index contributed by atoms with van der Waals surface area (Å²) >= 11 is 0. The van der Waals surface area contributed by atoms with Gasteiger partial charge in [-0.3, -0.25) is 9.52 Å². The van der Waals surface area contributed by atoms with Gasteiger partial charge in [0.15, 0.2) is 0 Å². The summed E-state index contributed by atoms with van der Waals surface area (Å²) in [7, 11) is -3.30. The van der Waals surface area contributed by atoms with Gasteiger partial charge < -0.3 is 5.32 Å². The molecule has 5 nitrogen and oxygen atoms in total. The van der Waals surface area contributed by atoms with Crippen molar-refractivity contribution in [1.82, 2.24) is 5.32 Å². The standard InChI is InChI=1S/C10H12N2O3S/c1-16(14,15)12-8-3-2-7-4-5-11-10(13)9(7)6-8/h2-3,6,12H,4-5H2,1H3,(H,11,13). The van der Waals surface area contributed by atoms with Crippen LogP contribution in [0.2, 0.25) is 0 Å². The number of amides is 1. The van der Waals surface area contributed by atoms with Gasteiger partial charge in [-0.1, -0.05) is 6.07 Å². The maximum atomic E-state index is 11.5. The summed E-state index contributed by atoms with van der Waals surface area (Å²) in [6.07, 6.45) is 1.85. The molecule has 2 rings (SSSR count). The van der Waals surface area contributed by atoms with E-state index in [1.807, 2.05) is 0 Å². The maximum absolute atomic E-state index is 11.5. The van der Waals surface area contributed by atoms with Crippen molar-refractivity contribution in [2.45, 2.75) is 6.42 Å². The molecule has 86 valence electrons. The summed E-state index contributed by atoms with van der Waals surface area (Å²) < 4.78 is 24.4. The zero-order chi connectivity index (χ0) is 11.8. The Kier molecular flexibility index (Phi) is 2.59. The van der Waals surface area contributed by atoms with E-state index in [4.69, 9.17) is 0 Å². The number of sulfonamides is 1. The van der Waals surface area contributed by atoms with Crippen molar-refractivity contribution in [3.63, 3.8) is 0 Å². The summed E-state index contributed by atoms with van der Waals surface area (Å²) in [5, 5.41) is 2.71. The molecule has 0 spiro atoms. The third kappa shape index (κ3) is 2.33. The minimum Gasteiger partial charge on any atom is -0.352 e. The molecule has 0 fully saturated rings. The number of fused-ring (bicyclic) bond motifs is 1. The Hall–Kier alpha value is -1.56. The predicted molar refractivity (Wildman–Crippen MR) is 60.9 cm³/mol. The molecule has 0 saturated carbocycles. The highest BCUT2D eigenvalue weighted by Crippen LogP contribution is 2.19. The molecule has 1 aliphatic heterocycles. The SMILES string of the molecule is CS(=O)(=O)Nc1ccc2c(c1)C(=O)NCC2. The van der Waals surface area contributed by atoms with E-state index >= 15 is 0 Å². The fourth-order valence-corrected chi connectivity index (χ4v) is 2.24. The lowest BCUT2D eigenvalue weighted by atomic mass is 10.00. The fourth-order valence-electron chi connectivity index (χ4n) is 1.69. The van der Waals surface area contributed by atoms with Crippen LogP contribution in [0.4, 0.5) is 5.69 Å². The summed E-state index contributed by atoms with van der Waals surface area (Å²) in [4.78, 5) is 11.5. The first kappa shape index (κ1) is 10.9. The Morgan fingerprint density at radius 3 is 2.81 bits per heavy atom. The molecule has 1 aliphatic rings. The molecule has 0 radical (unpaired) electrons. The maximum Gasteiger partial charge on any atom is 0.251 e. The third-order valence-corrected chi connectivity index (χ3v) is 2.94. The minimum atomic E-state index is -3.30. The summed E-state index contributed by atoms with van der Waals surface area (Å²) in [5.41, 5.74) is 1.90. The van der Waals surface area contributed by atoms with Crippen molar-refractivity contribution in [1.29, 1.82) is 0 Å². The smallest absolute Gasteiger partial charge is 0.251 e. The van der Waals surface area contributed by atoms with Crippen LogP contribution in [0, 0.1) is 0 Å². The highest BCUT2D eigenvalue weighted by molar-refractivity contribution is 7.92. The van der Waals surface area contributed by atoms with Crippen LogP contribution in [0.15, 0.2) is 18.2 Å².